The largest absolute Gasteiger partial charge is 0.383 e. The van der Waals surface area contributed by atoms with Crippen LogP contribution in [0.15, 0.2) is 0 Å². The van der Waals surface area contributed by atoms with Crippen LogP contribution in [0.1, 0.15) is 32.6 Å². The topological polar surface area (TPSA) is 33.7 Å². The van der Waals surface area contributed by atoms with E-state index in [0.29, 0.717) is 6.04 Å². The molecule has 1 aliphatic carbocycles. The third kappa shape index (κ3) is 6.14. The van der Waals surface area contributed by atoms with Crippen molar-refractivity contribution in [3.8, 4) is 0 Å². The molecule has 1 unspecified atom stereocenters. The van der Waals surface area contributed by atoms with Gasteiger partial charge in [-0.25, -0.2) is 0 Å². The van der Waals surface area contributed by atoms with Gasteiger partial charge in [0.05, 0.1) is 13.2 Å². The molecule has 0 aromatic carbocycles. The summed E-state index contributed by atoms with van der Waals surface area (Å²) >= 11 is 0. The van der Waals surface area contributed by atoms with Crippen LogP contribution in [0.4, 0.5) is 0 Å². The summed E-state index contributed by atoms with van der Waals surface area (Å²) in [6, 6.07) is 1.29. The van der Waals surface area contributed by atoms with Gasteiger partial charge in [0.1, 0.15) is 0 Å². The molecule has 1 atom stereocenters. The van der Waals surface area contributed by atoms with Crippen molar-refractivity contribution in [1.29, 1.82) is 0 Å². The van der Waals surface area contributed by atoms with Crippen molar-refractivity contribution in [3.05, 3.63) is 0 Å². The van der Waals surface area contributed by atoms with E-state index in [4.69, 9.17) is 9.47 Å². The van der Waals surface area contributed by atoms with E-state index < -0.39 is 0 Å². The fourth-order valence-electron chi connectivity index (χ4n) is 2.57. The molecule has 108 valence electrons. The molecular formula is C14H30N2O2. The summed E-state index contributed by atoms with van der Waals surface area (Å²) in [7, 11) is 3.52. The molecular weight excluding hydrogens is 228 g/mol. The second-order valence-corrected chi connectivity index (χ2v) is 5.26. The quantitative estimate of drug-likeness (QED) is 0.644. The van der Waals surface area contributed by atoms with Crippen molar-refractivity contribution in [3.63, 3.8) is 0 Å². The van der Waals surface area contributed by atoms with Crippen molar-refractivity contribution >= 4 is 0 Å². The van der Waals surface area contributed by atoms with Gasteiger partial charge < -0.3 is 14.8 Å². The zero-order chi connectivity index (χ0) is 13.2. The van der Waals surface area contributed by atoms with Crippen LogP contribution in [0.25, 0.3) is 0 Å². The van der Waals surface area contributed by atoms with Gasteiger partial charge in [0.2, 0.25) is 0 Å². The SMILES string of the molecule is COCCN(CCOC)C(C)CNC1CCCC1. The van der Waals surface area contributed by atoms with Gasteiger partial charge in [0, 0.05) is 45.9 Å². The predicted octanol–water partition coefficient (Wildman–Crippen LogP) is 1.50. The first-order valence-corrected chi connectivity index (χ1v) is 7.23. The van der Waals surface area contributed by atoms with Crippen LogP contribution < -0.4 is 5.32 Å². The maximum Gasteiger partial charge on any atom is 0.0589 e. The molecule has 4 nitrogen and oxygen atoms in total. The Kier molecular flexibility index (Phi) is 8.59. The van der Waals surface area contributed by atoms with E-state index in [1.54, 1.807) is 14.2 Å². The van der Waals surface area contributed by atoms with Crippen LogP contribution in [0.3, 0.4) is 0 Å². The second kappa shape index (κ2) is 9.73. The highest BCUT2D eigenvalue weighted by molar-refractivity contribution is 4.77. The standard InChI is InChI=1S/C14H30N2O2/c1-13(12-15-14-6-4-5-7-14)16(8-10-17-2)9-11-18-3/h13-15H,4-12H2,1-3H3. The third-order valence-electron chi connectivity index (χ3n) is 3.85. The monoisotopic (exact) mass is 258 g/mol. The number of nitrogens with zero attached hydrogens (tertiary/aromatic N) is 1. The number of hydrogen-bond acceptors (Lipinski definition) is 4. The molecule has 0 bridgehead atoms. The molecule has 1 fully saturated rings. The van der Waals surface area contributed by atoms with Gasteiger partial charge in [0.25, 0.3) is 0 Å². The normalized spacial score (nSPS) is 18.7. The van der Waals surface area contributed by atoms with Crippen LogP contribution in [-0.4, -0.2) is 64.1 Å². The molecule has 18 heavy (non-hydrogen) atoms. The number of nitrogens with one attached hydrogen (secondary N) is 1. The van der Waals surface area contributed by atoms with Crippen molar-refractivity contribution in [2.45, 2.75) is 44.7 Å². The molecule has 0 aliphatic heterocycles. The molecule has 0 radical (unpaired) electrons. The minimum absolute atomic E-state index is 0.538. The average Bonchev–Trinajstić information content (AvgIpc) is 2.89. The Bertz CT molecular complexity index is 188. The Hall–Kier alpha value is -0.160. The first-order valence-electron chi connectivity index (χ1n) is 7.23. The molecule has 1 rings (SSSR count). The highest BCUT2D eigenvalue weighted by atomic mass is 16.5. The van der Waals surface area contributed by atoms with E-state index in [-0.39, 0.29) is 0 Å². The minimum atomic E-state index is 0.538. The molecule has 0 saturated heterocycles. The van der Waals surface area contributed by atoms with Crippen LogP contribution in [0.2, 0.25) is 0 Å². The van der Waals surface area contributed by atoms with Gasteiger partial charge in [-0.2, -0.15) is 0 Å². The molecule has 0 aromatic rings. The first-order chi connectivity index (χ1) is 8.77. The third-order valence-corrected chi connectivity index (χ3v) is 3.85. The molecule has 1 N–H and O–H groups in total. The molecule has 1 aliphatic rings. The van der Waals surface area contributed by atoms with Crippen molar-refractivity contribution < 1.29 is 9.47 Å². The zero-order valence-electron chi connectivity index (χ0n) is 12.3. The van der Waals surface area contributed by atoms with E-state index in [9.17, 15) is 0 Å². The molecule has 0 amide bonds. The van der Waals surface area contributed by atoms with Crippen LogP contribution in [0, 0.1) is 0 Å². The minimum Gasteiger partial charge on any atom is -0.383 e. The van der Waals surface area contributed by atoms with Crippen molar-refractivity contribution in [2.24, 2.45) is 0 Å². The lowest BCUT2D eigenvalue weighted by atomic mass is 10.2. The number of hydrogen-bond donors (Lipinski definition) is 1. The van der Waals surface area contributed by atoms with Gasteiger partial charge >= 0.3 is 0 Å². The molecule has 0 heterocycles. The van der Waals surface area contributed by atoms with Gasteiger partial charge in [-0.3, -0.25) is 4.90 Å². The van der Waals surface area contributed by atoms with Crippen LogP contribution in [-0.2, 0) is 9.47 Å². The van der Waals surface area contributed by atoms with Crippen molar-refractivity contribution in [1.82, 2.24) is 10.2 Å². The molecule has 1 saturated carbocycles. The van der Waals surface area contributed by atoms with Crippen LogP contribution in [0.5, 0.6) is 0 Å². The van der Waals surface area contributed by atoms with Crippen LogP contribution >= 0.6 is 0 Å². The predicted molar refractivity (Wildman–Crippen MR) is 75.0 cm³/mol. The number of rotatable bonds is 10. The summed E-state index contributed by atoms with van der Waals surface area (Å²) in [5.74, 6) is 0. The highest BCUT2D eigenvalue weighted by Crippen LogP contribution is 2.17. The van der Waals surface area contributed by atoms with Gasteiger partial charge in [-0.15, -0.1) is 0 Å². The molecule has 0 spiro atoms. The van der Waals surface area contributed by atoms with Gasteiger partial charge in [-0.1, -0.05) is 12.8 Å². The molecule has 0 aromatic heterocycles. The van der Waals surface area contributed by atoms with E-state index in [1.807, 2.05) is 0 Å². The summed E-state index contributed by atoms with van der Waals surface area (Å²) in [6.07, 6.45) is 5.48. The van der Waals surface area contributed by atoms with E-state index in [2.05, 4.69) is 17.1 Å². The van der Waals surface area contributed by atoms with Gasteiger partial charge in [0.15, 0.2) is 0 Å². The Morgan fingerprint density at radius 3 is 2.17 bits per heavy atom. The maximum atomic E-state index is 5.18. The first kappa shape index (κ1) is 15.9. The molecule has 4 heteroatoms. The highest BCUT2D eigenvalue weighted by Gasteiger charge is 2.18. The maximum absolute atomic E-state index is 5.18. The number of ether oxygens (including phenoxy) is 2. The lowest BCUT2D eigenvalue weighted by Crippen LogP contribution is -2.45. The second-order valence-electron chi connectivity index (χ2n) is 5.26. The summed E-state index contributed by atoms with van der Waals surface area (Å²) in [5.41, 5.74) is 0. The Morgan fingerprint density at radius 1 is 1.11 bits per heavy atom. The Labute approximate surface area is 112 Å². The average molecular weight is 258 g/mol. The van der Waals surface area contributed by atoms with Crippen molar-refractivity contribution in [2.75, 3.05) is 47.1 Å². The Balaban J connectivity index is 2.24. The summed E-state index contributed by atoms with van der Waals surface area (Å²) in [5, 5.41) is 3.69. The Morgan fingerprint density at radius 2 is 1.67 bits per heavy atom. The smallest absolute Gasteiger partial charge is 0.0589 e. The summed E-state index contributed by atoms with van der Waals surface area (Å²) < 4.78 is 10.4. The van der Waals surface area contributed by atoms with E-state index in [1.165, 1.54) is 25.7 Å². The van der Waals surface area contributed by atoms with E-state index >= 15 is 0 Å². The summed E-state index contributed by atoms with van der Waals surface area (Å²) in [6.45, 7) is 6.89. The zero-order valence-corrected chi connectivity index (χ0v) is 12.3. The van der Waals surface area contributed by atoms with E-state index in [0.717, 1.165) is 38.9 Å². The number of methoxy groups -OCH3 is 2. The lowest BCUT2D eigenvalue weighted by molar-refractivity contribution is 0.0908. The lowest BCUT2D eigenvalue weighted by Gasteiger charge is -2.29. The summed E-state index contributed by atoms with van der Waals surface area (Å²) in [4.78, 5) is 2.44. The van der Waals surface area contributed by atoms with Gasteiger partial charge in [-0.05, 0) is 19.8 Å². The fourth-order valence-corrected chi connectivity index (χ4v) is 2.57. The fraction of sp³-hybridized carbons (Fsp3) is 1.00.